The maximum atomic E-state index is 12.4. The molecular weight excluding hydrogens is 289 g/mol. The Bertz CT molecular complexity index is 495. The van der Waals surface area contributed by atoms with Crippen LogP contribution < -0.4 is 5.32 Å². The van der Waals surface area contributed by atoms with Crippen molar-refractivity contribution in [3.63, 3.8) is 0 Å². The number of amides is 2. The number of anilines is 1. The molecule has 1 aromatic heterocycles. The Labute approximate surface area is 119 Å². The molecule has 9 heteroatoms. The van der Waals surface area contributed by atoms with Gasteiger partial charge in [0.1, 0.15) is 0 Å². The van der Waals surface area contributed by atoms with Crippen LogP contribution in [0.2, 0.25) is 0 Å². The Kier molecular flexibility index (Phi) is 4.40. The molecule has 0 aliphatic carbocycles. The first-order valence-corrected chi connectivity index (χ1v) is 6.57. The van der Waals surface area contributed by atoms with Gasteiger partial charge in [-0.2, -0.15) is 18.3 Å². The molecule has 1 aliphatic heterocycles. The zero-order chi connectivity index (χ0) is 15.6. The minimum absolute atomic E-state index is 0.121. The van der Waals surface area contributed by atoms with E-state index in [1.807, 2.05) is 0 Å². The van der Waals surface area contributed by atoms with E-state index >= 15 is 0 Å². The van der Waals surface area contributed by atoms with Crippen molar-refractivity contribution in [2.75, 3.05) is 18.4 Å². The van der Waals surface area contributed by atoms with Crippen LogP contribution in [0, 0.1) is 5.92 Å². The number of carbonyl (C=O) groups excluding carboxylic acids is 1. The Morgan fingerprint density at radius 1 is 1.48 bits per heavy atom. The Hall–Kier alpha value is -1.77. The van der Waals surface area contributed by atoms with Gasteiger partial charge in [-0.1, -0.05) is 0 Å². The van der Waals surface area contributed by atoms with Gasteiger partial charge in [0.15, 0.2) is 11.9 Å². The molecule has 2 rings (SSSR count). The minimum Gasteiger partial charge on any atom is -0.383 e. The molecule has 0 bridgehead atoms. The fourth-order valence-corrected chi connectivity index (χ4v) is 2.36. The molecule has 2 N–H and O–H groups in total. The van der Waals surface area contributed by atoms with E-state index in [1.165, 1.54) is 9.58 Å². The number of alkyl halides is 3. The van der Waals surface area contributed by atoms with E-state index in [0.29, 0.717) is 5.82 Å². The molecule has 1 unspecified atom stereocenters. The molecule has 2 amide bonds. The topological polar surface area (TPSA) is 70.4 Å². The second kappa shape index (κ2) is 5.92. The summed E-state index contributed by atoms with van der Waals surface area (Å²) < 4.78 is 38.8. The standard InChI is InChI=1S/C12H17F3N4O2/c1-18-5-4-9(17-18)16-11(21)19-6-2-8(3-7-19)10(20)12(13,14)15/h4-5,8,10,20H,2-3,6-7H2,1H3,(H,16,17,21). The number of carbonyl (C=O) groups is 1. The zero-order valence-electron chi connectivity index (χ0n) is 11.5. The summed E-state index contributed by atoms with van der Waals surface area (Å²) in [7, 11) is 1.71. The van der Waals surface area contributed by atoms with Gasteiger partial charge in [-0.05, 0) is 18.8 Å². The number of hydrogen-bond donors (Lipinski definition) is 2. The van der Waals surface area contributed by atoms with Crippen LogP contribution in [-0.2, 0) is 7.05 Å². The van der Waals surface area contributed by atoms with Crippen LogP contribution in [0.15, 0.2) is 12.3 Å². The molecule has 0 radical (unpaired) electrons. The second-order valence-electron chi connectivity index (χ2n) is 5.12. The van der Waals surface area contributed by atoms with E-state index < -0.39 is 24.2 Å². The highest BCUT2D eigenvalue weighted by molar-refractivity contribution is 5.88. The number of halogens is 3. The summed E-state index contributed by atoms with van der Waals surface area (Å²) >= 11 is 0. The van der Waals surface area contributed by atoms with Crippen LogP contribution in [0.25, 0.3) is 0 Å². The van der Waals surface area contributed by atoms with Crippen molar-refractivity contribution in [1.82, 2.24) is 14.7 Å². The largest absolute Gasteiger partial charge is 0.414 e. The molecule has 0 aromatic carbocycles. The van der Waals surface area contributed by atoms with Crippen LogP contribution in [0.4, 0.5) is 23.8 Å². The van der Waals surface area contributed by atoms with E-state index in [0.717, 1.165) is 0 Å². The normalized spacial score (nSPS) is 18.6. The van der Waals surface area contributed by atoms with E-state index in [9.17, 15) is 23.1 Å². The van der Waals surface area contributed by atoms with Gasteiger partial charge in [-0.25, -0.2) is 4.79 Å². The van der Waals surface area contributed by atoms with Gasteiger partial charge < -0.3 is 10.0 Å². The van der Waals surface area contributed by atoms with E-state index in [-0.39, 0.29) is 25.9 Å². The Balaban J connectivity index is 1.85. The maximum absolute atomic E-state index is 12.4. The molecule has 21 heavy (non-hydrogen) atoms. The van der Waals surface area contributed by atoms with Gasteiger partial charge in [-0.15, -0.1) is 0 Å². The fraction of sp³-hybridized carbons (Fsp3) is 0.667. The number of rotatable bonds is 2. The summed E-state index contributed by atoms with van der Waals surface area (Å²) in [5.41, 5.74) is 0. The highest BCUT2D eigenvalue weighted by Gasteiger charge is 2.44. The Morgan fingerprint density at radius 3 is 2.57 bits per heavy atom. The molecule has 1 aliphatic rings. The predicted octanol–water partition coefficient (Wildman–Crippen LogP) is 1.59. The minimum atomic E-state index is -4.61. The zero-order valence-corrected chi connectivity index (χ0v) is 11.5. The third-order valence-corrected chi connectivity index (χ3v) is 3.56. The summed E-state index contributed by atoms with van der Waals surface area (Å²) in [6, 6.07) is 1.23. The molecular formula is C12H17F3N4O2. The summed E-state index contributed by atoms with van der Waals surface area (Å²) in [6.07, 6.45) is -5.02. The monoisotopic (exact) mass is 306 g/mol. The molecule has 1 saturated heterocycles. The molecule has 118 valence electrons. The number of piperidine rings is 1. The number of hydrogen-bond acceptors (Lipinski definition) is 3. The number of urea groups is 1. The lowest BCUT2D eigenvalue weighted by atomic mass is 9.91. The number of aryl methyl sites for hydroxylation is 1. The van der Waals surface area contributed by atoms with Gasteiger partial charge in [0.25, 0.3) is 0 Å². The number of nitrogens with one attached hydrogen (secondary N) is 1. The molecule has 2 heterocycles. The number of likely N-dealkylation sites (tertiary alicyclic amines) is 1. The summed E-state index contributed by atoms with van der Waals surface area (Å²) in [5.74, 6) is -0.469. The van der Waals surface area contributed by atoms with Crippen molar-refractivity contribution in [2.24, 2.45) is 13.0 Å². The van der Waals surface area contributed by atoms with Crippen molar-refractivity contribution in [3.05, 3.63) is 12.3 Å². The van der Waals surface area contributed by atoms with Crippen LogP contribution in [0.3, 0.4) is 0 Å². The number of aliphatic hydroxyl groups is 1. The lowest BCUT2D eigenvalue weighted by Gasteiger charge is -2.34. The first kappa shape index (κ1) is 15.6. The molecule has 0 saturated carbocycles. The molecule has 6 nitrogen and oxygen atoms in total. The lowest BCUT2D eigenvalue weighted by molar-refractivity contribution is -0.222. The lowest BCUT2D eigenvalue weighted by Crippen LogP contribution is -2.46. The summed E-state index contributed by atoms with van der Waals surface area (Å²) in [6.45, 7) is 0.354. The van der Waals surface area contributed by atoms with Gasteiger partial charge >= 0.3 is 12.2 Å². The van der Waals surface area contributed by atoms with Crippen LogP contribution in [-0.4, -0.2) is 51.2 Å². The van der Waals surface area contributed by atoms with Crippen LogP contribution >= 0.6 is 0 Å². The van der Waals surface area contributed by atoms with Crippen molar-refractivity contribution in [3.8, 4) is 0 Å². The smallest absolute Gasteiger partial charge is 0.383 e. The van der Waals surface area contributed by atoms with Gasteiger partial charge in [0, 0.05) is 32.4 Å². The van der Waals surface area contributed by atoms with Crippen LogP contribution in [0.5, 0.6) is 0 Å². The van der Waals surface area contributed by atoms with Crippen molar-refractivity contribution in [1.29, 1.82) is 0 Å². The second-order valence-corrected chi connectivity index (χ2v) is 5.12. The third-order valence-electron chi connectivity index (χ3n) is 3.56. The molecule has 1 aromatic rings. The highest BCUT2D eigenvalue weighted by Crippen LogP contribution is 2.31. The van der Waals surface area contributed by atoms with Crippen molar-refractivity contribution in [2.45, 2.75) is 25.1 Å². The average molecular weight is 306 g/mol. The Morgan fingerprint density at radius 2 is 2.10 bits per heavy atom. The molecule has 0 spiro atoms. The van der Waals surface area contributed by atoms with Crippen molar-refractivity contribution < 1.29 is 23.1 Å². The van der Waals surface area contributed by atoms with Gasteiger partial charge in [0.05, 0.1) is 0 Å². The third kappa shape index (κ3) is 3.87. The average Bonchev–Trinajstić information content (AvgIpc) is 2.82. The first-order valence-electron chi connectivity index (χ1n) is 6.57. The first-order chi connectivity index (χ1) is 9.77. The fourth-order valence-electron chi connectivity index (χ4n) is 2.36. The number of aromatic nitrogens is 2. The quantitative estimate of drug-likeness (QED) is 0.871. The number of aliphatic hydroxyl groups excluding tert-OH is 1. The summed E-state index contributed by atoms with van der Waals surface area (Å²) in [4.78, 5) is 13.4. The number of nitrogens with zero attached hydrogens (tertiary/aromatic N) is 3. The van der Waals surface area contributed by atoms with E-state index in [4.69, 9.17) is 0 Å². The van der Waals surface area contributed by atoms with Crippen molar-refractivity contribution >= 4 is 11.8 Å². The molecule has 1 fully saturated rings. The van der Waals surface area contributed by atoms with Crippen LogP contribution in [0.1, 0.15) is 12.8 Å². The molecule has 1 atom stereocenters. The van der Waals surface area contributed by atoms with E-state index in [1.54, 1.807) is 19.3 Å². The highest BCUT2D eigenvalue weighted by atomic mass is 19.4. The predicted molar refractivity (Wildman–Crippen MR) is 68.6 cm³/mol. The summed E-state index contributed by atoms with van der Waals surface area (Å²) in [5, 5.41) is 15.8. The maximum Gasteiger partial charge on any atom is 0.414 e. The SMILES string of the molecule is Cn1ccc(NC(=O)N2CCC(C(O)C(F)(F)F)CC2)n1. The van der Waals surface area contributed by atoms with Gasteiger partial charge in [-0.3, -0.25) is 10.00 Å². The van der Waals surface area contributed by atoms with E-state index in [2.05, 4.69) is 10.4 Å². The van der Waals surface area contributed by atoms with Gasteiger partial charge in [0.2, 0.25) is 0 Å².